The number of benzene rings is 1. The molecule has 7 nitrogen and oxygen atoms in total. The molecule has 9 heteroatoms. The van der Waals surface area contributed by atoms with Crippen LogP contribution in [0.4, 0.5) is 0 Å². The van der Waals surface area contributed by atoms with Crippen molar-refractivity contribution in [3.05, 3.63) is 29.8 Å². The van der Waals surface area contributed by atoms with Crippen LogP contribution in [0.3, 0.4) is 0 Å². The quantitative estimate of drug-likeness (QED) is 0.643. The SMILES string of the molecule is COCCCS(=O)(=O)NCc1ccc(S(N)(=O)=O)cc1. The molecule has 0 aliphatic rings. The van der Waals surface area contributed by atoms with Gasteiger partial charge >= 0.3 is 0 Å². The fourth-order valence-corrected chi connectivity index (χ4v) is 3.00. The molecule has 114 valence electrons. The Bertz CT molecular complexity index is 623. The van der Waals surface area contributed by atoms with Crippen molar-refractivity contribution in [2.24, 2.45) is 5.14 Å². The number of hydrogen-bond donors (Lipinski definition) is 2. The van der Waals surface area contributed by atoms with Crippen LogP contribution in [0.2, 0.25) is 0 Å². The van der Waals surface area contributed by atoms with Gasteiger partial charge in [0.05, 0.1) is 10.6 Å². The lowest BCUT2D eigenvalue weighted by Gasteiger charge is -2.07. The van der Waals surface area contributed by atoms with E-state index in [1.165, 1.54) is 31.4 Å². The molecule has 0 amide bonds. The monoisotopic (exact) mass is 322 g/mol. The van der Waals surface area contributed by atoms with Gasteiger partial charge in [-0.3, -0.25) is 0 Å². The number of primary sulfonamides is 1. The summed E-state index contributed by atoms with van der Waals surface area (Å²) < 4.78 is 52.6. The molecule has 0 atom stereocenters. The molecule has 0 saturated heterocycles. The number of rotatable bonds is 8. The van der Waals surface area contributed by atoms with Crippen LogP contribution in [0.5, 0.6) is 0 Å². The van der Waals surface area contributed by atoms with Crippen molar-refractivity contribution in [2.75, 3.05) is 19.5 Å². The second kappa shape index (κ2) is 7.14. The first-order valence-corrected chi connectivity index (χ1v) is 9.02. The maximum Gasteiger partial charge on any atom is 0.238 e. The van der Waals surface area contributed by atoms with Crippen molar-refractivity contribution in [3.63, 3.8) is 0 Å². The van der Waals surface area contributed by atoms with Gasteiger partial charge in [-0.1, -0.05) is 12.1 Å². The van der Waals surface area contributed by atoms with Crippen LogP contribution in [0, 0.1) is 0 Å². The zero-order valence-electron chi connectivity index (χ0n) is 11.1. The fourth-order valence-electron chi connectivity index (χ4n) is 1.46. The Kier molecular flexibility index (Phi) is 6.08. The molecule has 3 N–H and O–H groups in total. The summed E-state index contributed by atoms with van der Waals surface area (Å²) in [6.45, 7) is 0.476. The maximum atomic E-state index is 11.6. The highest BCUT2D eigenvalue weighted by molar-refractivity contribution is 7.89. The molecule has 1 aromatic rings. The van der Waals surface area contributed by atoms with E-state index in [1.807, 2.05) is 0 Å². The summed E-state index contributed by atoms with van der Waals surface area (Å²) in [5.74, 6) is -0.0178. The number of methoxy groups -OCH3 is 1. The number of hydrogen-bond acceptors (Lipinski definition) is 5. The van der Waals surface area contributed by atoms with Crippen LogP contribution < -0.4 is 9.86 Å². The molecule has 0 heterocycles. The van der Waals surface area contributed by atoms with Gasteiger partial charge in [-0.15, -0.1) is 0 Å². The van der Waals surface area contributed by atoms with Crippen molar-refractivity contribution in [1.82, 2.24) is 4.72 Å². The van der Waals surface area contributed by atoms with Crippen LogP contribution in [-0.4, -0.2) is 36.3 Å². The lowest BCUT2D eigenvalue weighted by molar-refractivity contribution is 0.199. The largest absolute Gasteiger partial charge is 0.385 e. The average Bonchev–Trinajstić information content (AvgIpc) is 2.36. The van der Waals surface area contributed by atoms with Crippen LogP contribution in [-0.2, 0) is 31.3 Å². The first kappa shape index (κ1) is 17.1. The fraction of sp³-hybridized carbons (Fsp3) is 0.455. The highest BCUT2D eigenvalue weighted by atomic mass is 32.2. The molecule has 0 radical (unpaired) electrons. The summed E-state index contributed by atoms with van der Waals surface area (Å²) in [5.41, 5.74) is 0.646. The van der Waals surface area contributed by atoms with Gasteiger partial charge < -0.3 is 4.74 Å². The van der Waals surface area contributed by atoms with Crippen LogP contribution >= 0.6 is 0 Å². The van der Waals surface area contributed by atoms with Gasteiger partial charge in [0, 0.05) is 20.3 Å². The summed E-state index contributed by atoms with van der Waals surface area (Å²) in [6.07, 6.45) is 0.413. The zero-order chi connectivity index (χ0) is 15.2. The number of nitrogens with one attached hydrogen (secondary N) is 1. The average molecular weight is 322 g/mol. The van der Waals surface area contributed by atoms with Gasteiger partial charge in [0.1, 0.15) is 0 Å². The third-order valence-corrected chi connectivity index (χ3v) is 4.85. The summed E-state index contributed by atoms with van der Waals surface area (Å²) in [5, 5.41) is 4.97. The van der Waals surface area contributed by atoms with Gasteiger partial charge in [-0.2, -0.15) is 0 Å². The molecule has 0 unspecified atom stereocenters. The van der Waals surface area contributed by atoms with Crippen molar-refractivity contribution in [2.45, 2.75) is 17.9 Å². The van der Waals surface area contributed by atoms with Crippen molar-refractivity contribution >= 4 is 20.0 Å². The molecule has 1 rings (SSSR count). The second-order valence-corrected chi connectivity index (χ2v) is 7.66. The minimum atomic E-state index is -3.73. The molecule has 0 spiro atoms. The van der Waals surface area contributed by atoms with Gasteiger partial charge in [0.2, 0.25) is 20.0 Å². The lowest BCUT2D eigenvalue weighted by atomic mass is 10.2. The second-order valence-electron chi connectivity index (χ2n) is 4.18. The van der Waals surface area contributed by atoms with Crippen LogP contribution in [0.1, 0.15) is 12.0 Å². The minimum absolute atomic E-state index is 0.01000. The molecule has 0 aliphatic carbocycles. The predicted octanol–water partition coefficient (Wildman–Crippen LogP) is -0.210. The lowest BCUT2D eigenvalue weighted by Crippen LogP contribution is -2.26. The molecule has 0 fully saturated rings. The van der Waals surface area contributed by atoms with E-state index in [1.54, 1.807) is 0 Å². The van der Waals surface area contributed by atoms with E-state index in [0.717, 1.165) is 0 Å². The van der Waals surface area contributed by atoms with Crippen molar-refractivity contribution in [1.29, 1.82) is 0 Å². The Morgan fingerprint density at radius 1 is 1.15 bits per heavy atom. The standard InChI is InChI=1S/C11H18N2O5S2/c1-18-7-2-8-19(14,15)13-9-10-3-5-11(6-4-10)20(12,16)17/h3-6,13H,2,7-9H2,1H3,(H2,12,16,17). The molecule has 0 aliphatic heterocycles. The Hall–Kier alpha value is -1.00. The first-order chi connectivity index (χ1) is 9.24. The van der Waals surface area contributed by atoms with Crippen molar-refractivity contribution < 1.29 is 21.6 Å². The highest BCUT2D eigenvalue weighted by Crippen LogP contribution is 2.08. The topological polar surface area (TPSA) is 116 Å². The predicted molar refractivity (Wildman–Crippen MR) is 74.9 cm³/mol. The van der Waals surface area contributed by atoms with Gasteiger partial charge in [-0.05, 0) is 24.1 Å². The molecule has 20 heavy (non-hydrogen) atoms. The maximum absolute atomic E-state index is 11.6. The molecular weight excluding hydrogens is 304 g/mol. The molecular formula is C11H18N2O5S2. The molecule has 0 saturated carbocycles. The Balaban J connectivity index is 2.58. The van der Waals surface area contributed by atoms with E-state index in [2.05, 4.69) is 4.72 Å². The van der Waals surface area contributed by atoms with Crippen LogP contribution in [0.15, 0.2) is 29.2 Å². The molecule has 1 aromatic carbocycles. The Labute approximate surface area is 119 Å². The van der Waals surface area contributed by atoms with E-state index in [4.69, 9.17) is 9.88 Å². The van der Waals surface area contributed by atoms with E-state index in [-0.39, 0.29) is 17.2 Å². The smallest absolute Gasteiger partial charge is 0.238 e. The molecule has 0 bridgehead atoms. The van der Waals surface area contributed by atoms with E-state index in [0.29, 0.717) is 18.6 Å². The molecule has 0 aromatic heterocycles. The number of nitrogens with two attached hydrogens (primary N) is 1. The Morgan fingerprint density at radius 3 is 2.25 bits per heavy atom. The summed E-state index contributed by atoms with van der Waals surface area (Å²) in [7, 11) is -5.59. The van der Waals surface area contributed by atoms with Gasteiger partial charge in [0.15, 0.2) is 0 Å². The normalized spacial score (nSPS) is 12.5. The Morgan fingerprint density at radius 2 is 1.75 bits per heavy atom. The summed E-state index contributed by atoms with van der Waals surface area (Å²) in [4.78, 5) is -0.01000. The van der Waals surface area contributed by atoms with Gasteiger partial charge in [0.25, 0.3) is 0 Å². The van der Waals surface area contributed by atoms with E-state index in [9.17, 15) is 16.8 Å². The van der Waals surface area contributed by atoms with E-state index < -0.39 is 20.0 Å². The first-order valence-electron chi connectivity index (χ1n) is 5.82. The zero-order valence-corrected chi connectivity index (χ0v) is 12.7. The third kappa shape index (κ3) is 5.97. The van der Waals surface area contributed by atoms with Crippen molar-refractivity contribution in [3.8, 4) is 0 Å². The minimum Gasteiger partial charge on any atom is -0.385 e. The summed E-state index contributed by atoms with van der Waals surface area (Å²) in [6, 6.07) is 5.70. The summed E-state index contributed by atoms with van der Waals surface area (Å²) >= 11 is 0. The van der Waals surface area contributed by atoms with Gasteiger partial charge in [-0.25, -0.2) is 26.7 Å². The van der Waals surface area contributed by atoms with Crippen LogP contribution in [0.25, 0.3) is 0 Å². The third-order valence-electron chi connectivity index (χ3n) is 2.51. The number of sulfonamides is 2. The highest BCUT2D eigenvalue weighted by Gasteiger charge is 2.10. The number of ether oxygens (including phenoxy) is 1. The van der Waals surface area contributed by atoms with E-state index >= 15 is 0 Å².